The van der Waals surface area contributed by atoms with E-state index in [4.69, 9.17) is 5.73 Å². The minimum absolute atomic E-state index is 0.0413. The molecular formula is C11H12F2N4. The number of rotatable bonds is 4. The second-order valence-electron chi connectivity index (χ2n) is 3.69. The second kappa shape index (κ2) is 4.90. The van der Waals surface area contributed by atoms with E-state index in [1.54, 1.807) is 6.07 Å². The maximum absolute atomic E-state index is 12.5. The highest BCUT2D eigenvalue weighted by Crippen LogP contribution is 2.19. The third kappa shape index (κ3) is 2.99. The Morgan fingerprint density at radius 2 is 2.12 bits per heavy atom. The van der Waals surface area contributed by atoms with Crippen LogP contribution in [-0.2, 0) is 12.8 Å². The smallest absolute Gasteiger partial charge is 0.263 e. The van der Waals surface area contributed by atoms with E-state index in [0.717, 1.165) is 5.56 Å². The first-order valence-electron chi connectivity index (χ1n) is 5.19. The summed E-state index contributed by atoms with van der Waals surface area (Å²) in [5.41, 5.74) is 6.25. The number of alkyl halides is 2. The highest BCUT2D eigenvalue weighted by atomic mass is 19.3. The molecule has 0 radical (unpaired) electrons. The molecule has 0 saturated heterocycles. The van der Waals surface area contributed by atoms with Gasteiger partial charge in [0.15, 0.2) is 0 Å². The Bertz CT molecular complexity index is 496. The van der Waals surface area contributed by atoms with Crippen molar-refractivity contribution in [3.63, 3.8) is 0 Å². The molecule has 17 heavy (non-hydrogen) atoms. The molecule has 0 bridgehead atoms. The molecule has 4 nitrogen and oxygen atoms in total. The summed E-state index contributed by atoms with van der Waals surface area (Å²) in [4.78, 5) is 3.95. The number of halogens is 2. The van der Waals surface area contributed by atoms with E-state index in [-0.39, 0.29) is 11.5 Å². The van der Waals surface area contributed by atoms with Gasteiger partial charge in [-0.1, -0.05) is 24.3 Å². The number of nitrogen functional groups attached to an aromatic ring is 1. The lowest BCUT2D eigenvalue weighted by Gasteiger charge is -2.03. The molecule has 0 aliphatic rings. The molecule has 6 heteroatoms. The summed E-state index contributed by atoms with van der Waals surface area (Å²) in [5, 5.41) is 6.38. The normalized spacial score (nSPS) is 11.0. The Balaban J connectivity index is 2.01. The Hall–Kier alpha value is -1.98. The lowest BCUT2D eigenvalue weighted by atomic mass is 10.1. The van der Waals surface area contributed by atoms with Gasteiger partial charge in [-0.3, -0.25) is 5.10 Å². The number of aromatic amines is 1. The maximum Gasteiger partial charge on any atom is 0.263 e. The molecule has 90 valence electrons. The zero-order valence-electron chi connectivity index (χ0n) is 9.03. The van der Waals surface area contributed by atoms with Gasteiger partial charge in [-0.25, -0.2) is 8.78 Å². The summed E-state index contributed by atoms with van der Waals surface area (Å²) in [6.45, 7) is 0. The number of hydrogen-bond acceptors (Lipinski definition) is 3. The summed E-state index contributed by atoms with van der Waals surface area (Å²) in [5.74, 6) is 0.853. The van der Waals surface area contributed by atoms with Crippen molar-refractivity contribution in [1.29, 1.82) is 0 Å². The highest BCUT2D eigenvalue weighted by molar-refractivity contribution is 5.25. The largest absolute Gasteiger partial charge is 0.367 e. The van der Waals surface area contributed by atoms with Crippen LogP contribution >= 0.6 is 0 Å². The van der Waals surface area contributed by atoms with Gasteiger partial charge in [0.2, 0.25) is 5.95 Å². The molecule has 0 saturated carbocycles. The monoisotopic (exact) mass is 238 g/mol. The number of aryl methyl sites for hydroxylation is 2. The van der Waals surface area contributed by atoms with E-state index in [1.165, 1.54) is 12.1 Å². The fourth-order valence-corrected chi connectivity index (χ4v) is 1.57. The van der Waals surface area contributed by atoms with E-state index in [0.29, 0.717) is 18.7 Å². The fourth-order valence-electron chi connectivity index (χ4n) is 1.57. The van der Waals surface area contributed by atoms with E-state index in [1.807, 2.05) is 6.07 Å². The minimum atomic E-state index is -2.43. The fraction of sp³-hybridized carbons (Fsp3) is 0.273. The minimum Gasteiger partial charge on any atom is -0.367 e. The molecule has 0 amide bonds. The van der Waals surface area contributed by atoms with Gasteiger partial charge in [-0.2, -0.15) is 4.98 Å². The molecule has 0 aliphatic carbocycles. The number of nitrogens with zero attached hydrogens (tertiary/aromatic N) is 2. The van der Waals surface area contributed by atoms with Crippen LogP contribution in [0.4, 0.5) is 14.7 Å². The van der Waals surface area contributed by atoms with Crippen LogP contribution in [0, 0.1) is 0 Å². The van der Waals surface area contributed by atoms with Crippen molar-refractivity contribution in [2.24, 2.45) is 0 Å². The SMILES string of the molecule is Nc1n[nH]c(CCc2cccc(C(F)F)c2)n1. The summed E-state index contributed by atoms with van der Waals surface area (Å²) >= 11 is 0. The van der Waals surface area contributed by atoms with Crippen LogP contribution in [-0.4, -0.2) is 15.2 Å². The van der Waals surface area contributed by atoms with E-state index < -0.39 is 6.43 Å². The Morgan fingerprint density at radius 1 is 1.29 bits per heavy atom. The summed E-state index contributed by atoms with van der Waals surface area (Å²) in [7, 11) is 0. The topological polar surface area (TPSA) is 67.6 Å². The van der Waals surface area contributed by atoms with Crippen molar-refractivity contribution < 1.29 is 8.78 Å². The summed E-state index contributed by atoms with van der Waals surface area (Å²) in [6, 6.07) is 6.36. The number of nitrogens with two attached hydrogens (primary N) is 1. The first kappa shape index (κ1) is 11.5. The number of anilines is 1. The van der Waals surface area contributed by atoms with Crippen molar-refractivity contribution in [3.05, 3.63) is 41.2 Å². The number of H-pyrrole nitrogens is 1. The van der Waals surface area contributed by atoms with Crippen LogP contribution in [0.1, 0.15) is 23.4 Å². The lowest BCUT2D eigenvalue weighted by molar-refractivity contribution is 0.151. The lowest BCUT2D eigenvalue weighted by Crippen LogP contribution is -1.95. The standard InChI is InChI=1S/C11H12F2N4/c12-10(13)8-3-1-2-7(6-8)4-5-9-15-11(14)17-16-9/h1-3,6,10H,4-5H2,(H3,14,15,16,17). The van der Waals surface area contributed by atoms with Gasteiger partial charge in [-0.15, -0.1) is 5.10 Å². The molecule has 3 N–H and O–H groups in total. The Morgan fingerprint density at radius 3 is 2.76 bits per heavy atom. The van der Waals surface area contributed by atoms with E-state index in [2.05, 4.69) is 15.2 Å². The quantitative estimate of drug-likeness (QED) is 0.857. The van der Waals surface area contributed by atoms with Crippen molar-refractivity contribution in [2.45, 2.75) is 19.3 Å². The van der Waals surface area contributed by atoms with Crippen LogP contribution < -0.4 is 5.73 Å². The second-order valence-corrected chi connectivity index (χ2v) is 3.69. The number of nitrogens with one attached hydrogen (secondary N) is 1. The summed E-state index contributed by atoms with van der Waals surface area (Å²) < 4.78 is 24.9. The average Bonchev–Trinajstić information content (AvgIpc) is 2.73. The van der Waals surface area contributed by atoms with Gasteiger partial charge < -0.3 is 5.73 Å². The zero-order valence-corrected chi connectivity index (χ0v) is 9.03. The van der Waals surface area contributed by atoms with Gasteiger partial charge in [0, 0.05) is 12.0 Å². The Kier molecular flexibility index (Phi) is 3.32. The molecule has 0 unspecified atom stereocenters. The van der Waals surface area contributed by atoms with Gasteiger partial charge in [-0.05, 0) is 12.0 Å². The molecule has 1 aromatic heterocycles. The number of hydrogen-bond donors (Lipinski definition) is 2. The van der Waals surface area contributed by atoms with Crippen LogP contribution in [0.15, 0.2) is 24.3 Å². The molecule has 0 aliphatic heterocycles. The molecule has 0 fully saturated rings. The van der Waals surface area contributed by atoms with Gasteiger partial charge >= 0.3 is 0 Å². The molecule has 1 heterocycles. The van der Waals surface area contributed by atoms with E-state index in [9.17, 15) is 8.78 Å². The van der Waals surface area contributed by atoms with Gasteiger partial charge in [0.25, 0.3) is 6.43 Å². The molecule has 0 spiro atoms. The highest BCUT2D eigenvalue weighted by Gasteiger charge is 2.07. The number of benzene rings is 1. The third-order valence-corrected chi connectivity index (χ3v) is 2.40. The predicted octanol–water partition coefficient (Wildman–Crippen LogP) is 2.11. The van der Waals surface area contributed by atoms with Crippen molar-refractivity contribution in [2.75, 3.05) is 5.73 Å². The van der Waals surface area contributed by atoms with Crippen molar-refractivity contribution in [1.82, 2.24) is 15.2 Å². The average molecular weight is 238 g/mol. The molecule has 2 aromatic rings. The summed E-state index contributed by atoms with van der Waals surface area (Å²) in [6.07, 6.45) is -1.22. The van der Waals surface area contributed by atoms with Crippen LogP contribution in [0.5, 0.6) is 0 Å². The van der Waals surface area contributed by atoms with Gasteiger partial charge in [0.05, 0.1) is 0 Å². The molecule has 0 atom stereocenters. The maximum atomic E-state index is 12.5. The van der Waals surface area contributed by atoms with Gasteiger partial charge in [0.1, 0.15) is 5.82 Å². The number of aromatic nitrogens is 3. The van der Waals surface area contributed by atoms with Crippen LogP contribution in [0.3, 0.4) is 0 Å². The van der Waals surface area contributed by atoms with Crippen LogP contribution in [0.2, 0.25) is 0 Å². The van der Waals surface area contributed by atoms with E-state index >= 15 is 0 Å². The molecular weight excluding hydrogens is 226 g/mol. The third-order valence-electron chi connectivity index (χ3n) is 2.40. The Labute approximate surface area is 96.9 Å². The first-order valence-corrected chi connectivity index (χ1v) is 5.19. The molecule has 1 aromatic carbocycles. The van der Waals surface area contributed by atoms with Crippen LogP contribution in [0.25, 0.3) is 0 Å². The zero-order chi connectivity index (χ0) is 12.3. The first-order chi connectivity index (χ1) is 8.15. The predicted molar refractivity (Wildman–Crippen MR) is 59.6 cm³/mol. The van der Waals surface area contributed by atoms with Crippen molar-refractivity contribution in [3.8, 4) is 0 Å². The van der Waals surface area contributed by atoms with Crippen molar-refractivity contribution >= 4 is 5.95 Å². The molecule has 2 rings (SSSR count).